The molecule has 2 heterocycles. The van der Waals surface area contributed by atoms with Gasteiger partial charge >= 0.3 is 0 Å². The van der Waals surface area contributed by atoms with Gasteiger partial charge in [-0.2, -0.15) is 0 Å². The van der Waals surface area contributed by atoms with Crippen LogP contribution in [0.3, 0.4) is 0 Å². The average molecular weight is 486 g/mol. The van der Waals surface area contributed by atoms with Gasteiger partial charge in [-0.15, -0.1) is 20.4 Å². The highest BCUT2D eigenvalue weighted by molar-refractivity contribution is 9.10. The van der Waals surface area contributed by atoms with E-state index in [9.17, 15) is 0 Å². The summed E-state index contributed by atoms with van der Waals surface area (Å²) in [6.45, 7) is 4.58. The van der Waals surface area contributed by atoms with Gasteiger partial charge in [0, 0.05) is 22.1 Å². The van der Waals surface area contributed by atoms with Gasteiger partial charge in [-0.25, -0.2) is 0 Å². The molecule has 9 heteroatoms. The van der Waals surface area contributed by atoms with Gasteiger partial charge in [0.15, 0.2) is 11.0 Å². The summed E-state index contributed by atoms with van der Waals surface area (Å²) >= 11 is 4.99. The molecule has 0 fully saturated rings. The Kier molecular flexibility index (Phi) is 6.49. The van der Waals surface area contributed by atoms with E-state index in [-0.39, 0.29) is 0 Å². The molecular weight excluding hydrogens is 466 g/mol. The molecule has 0 spiro atoms. The van der Waals surface area contributed by atoms with E-state index < -0.39 is 0 Å². The third kappa shape index (κ3) is 4.57. The molecule has 30 heavy (non-hydrogen) atoms. The minimum atomic E-state index is 0.516. The molecule has 0 unspecified atom stereocenters. The molecule has 0 N–H and O–H groups in total. The van der Waals surface area contributed by atoms with Gasteiger partial charge in [0.05, 0.1) is 12.4 Å². The summed E-state index contributed by atoms with van der Waals surface area (Å²) in [5, 5.41) is 17.8. The first kappa shape index (κ1) is 20.6. The van der Waals surface area contributed by atoms with E-state index in [1.54, 1.807) is 0 Å². The van der Waals surface area contributed by atoms with Gasteiger partial charge in [0.25, 0.3) is 0 Å². The number of hydrogen-bond donors (Lipinski definition) is 0. The van der Waals surface area contributed by atoms with Crippen molar-refractivity contribution in [3.05, 3.63) is 64.8 Å². The number of ether oxygens (including phenoxy) is 1. The van der Waals surface area contributed by atoms with E-state index in [4.69, 9.17) is 9.15 Å². The summed E-state index contributed by atoms with van der Waals surface area (Å²) in [7, 11) is 0. The van der Waals surface area contributed by atoms with Crippen LogP contribution in [0, 0.1) is 0 Å². The maximum atomic E-state index is 5.63. The van der Waals surface area contributed by atoms with E-state index in [0.717, 1.165) is 32.5 Å². The lowest BCUT2D eigenvalue weighted by Gasteiger charge is -2.11. The van der Waals surface area contributed by atoms with Crippen LogP contribution in [-0.4, -0.2) is 31.6 Å². The van der Waals surface area contributed by atoms with Crippen molar-refractivity contribution in [1.82, 2.24) is 25.0 Å². The second kappa shape index (κ2) is 9.44. The van der Waals surface area contributed by atoms with Crippen molar-refractivity contribution in [1.29, 1.82) is 0 Å². The lowest BCUT2D eigenvalue weighted by Crippen LogP contribution is -2.00. The molecule has 0 radical (unpaired) electrons. The van der Waals surface area contributed by atoms with Crippen LogP contribution in [0.1, 0.15) is 25.6 Å². The Morgan fingerprint density at radius 2 is 1.67 bits per heavy atom. The standard InChI is InChI=1S/C21H20BrN5O2S/c1-3-18-23-24-19(29-18)13-30-21-26-25-20(14-5-7-15(22)8-6-14)27(21)16-9-11-17(12-10-16)28-4-2/h5-12H,3-4,13H2,1-2H3. The zero-order valence-electron chi connectivity index (χ0n) is 16.6. The topological polar surface area (TPSA) is 78.9 Å². The van der Waals surface area contributed by atoms with Crippen molar-refractivity contribution in [3.8, 4) is 22.8 Å². The number of thioether (sulfide) groups is 1. The fraction of sp³-hybridized carbons (Fsp3) is 0.238. The number of nitrogens with zero attached hydrogens (tertiary/aromatic N) is 5. The number of aryl methyl sites for hydroxylation is 1. The van der Waals surface area contributed by atoms with Crippen molar-refractivity contribution in [2.24, 2.45) is 0 Å². The predicted molar refractivity (Wildman–Crippen MR) is 119 cm³/mol. The third-order valence-corrected chi connectivity index (χ3v) is 5.72. The lowest BCUT2D eigenvalue weighted by molar-refractivity contribution is 0.340. The molecular formula is C21H20BrN5O2S. The lowest BCUT2D eigenvalue weighted by atomic mass is 10.2. The highest BCUT2D eigenvalue weighted by atomic mass is 79.9. The molecule has 0 aliphatic carbocycles. The maximum Gasteiger partial charge on any atom is 0.226 e. The summed E-state index contributed by atoms with van der Waals surface area (Å²) in [5.74, 6) is 3.31. The Morgan fingerprint density at radius 1 is 0.933 bits per heavy atom. The monoisotopic (exact) mass is 485 g/mol. The predicted octanol–water partition coefficient (Wildman–Crippen LogP) is 5.33. The highest BCUT2D eigenvalue weighted by Crippen LogP contribution is 2.31. The molecule has 7 nitrogen and oxygen atoms in total. The fourth-order valence-corrected chi connectivity index (χ4v) is 3.91. The number of aromatic nitrogens is 5. The second-order valence-electron chi connectivity index (χ2n) is 6.31. The van der Waals surface area contributed by atoms with E-state index in [0.29, 0.717) is 30.6 Å². The van der Waals surface area contributed by atoms with Gasteiger partial charge in [0.2, 0.25) is 11.8 Å². The molecule has 2 aromatic carbocycles. The first-order chi connectivity index (χ1) is 14.7. The Balaban J connectivity index is 1.69. The van der Waals surface area contributed by atoms with Crippen molar-refractivity contribution < 1.29 is 9.15 Å². The molecule has 154 valence electrons. The Labute approximate surface area is 187 Å². The van der Waals surface area contributed by atoms with E-state index in [2.05, 4.69) is 36.3 Å². The Bertz CT molecular complexity index is 1110. The quantitative estimate of drug-likeness (QED) is 0.312. The molecule has 0 bridgehead atoms. The van der Waals surface area contributed by atoms with Crippen LogP contribution in [0.2, 0.25) is 0 Å². The first-order valence-corrected chi connectivity index (χ1v) is 11.3. The van der Waals surface area contributed by atoms with Crippen molar-refractivity contribution in [2.45, 2.75) is 31.2 Å². The van der Waals surface area contributed by atoms with Crippen LogP contribution in [0.4, 0.5) is 0 Å². The molecule has 0 atom stereocenters. The first-order valence-electron chi connectivity index (χ1n) is 9.56. The van der Waals surface area contributed by atoms with Crippen LogP contribution in [0.5, 0.6) is 5.75 Å². The van der Waals surface area contributed by atoms with Crippen LogP contribution in [0.15, 0.2) is 62.6 Å². The molecule has 0 aliphatic rings. The molecule has 4 aromatic rings. The molecule has 0 saturated heterocycles. The van der Waals surface area contributed by atoms with E-state index in [1.165, 1.54) is 11.8 Å². The fourth-order valence-electron chi connectivity index (χ4n) is 2.86. The minimum absolute atomic E-state index is 0.516. The number of halogens is 1. The molecule has 4 rings (SSSR count). The third-order valence-electron chi connectivity index (χ3n) is 4.28. The van der Waals surface area contributed by atoms with E-state index in [1.807, 2.05) is 66.9 Å². The summed E-state index contributed by atoms with van der Waals surface area (Å²) in [6.07, 6.45) is 0.716. The summed E-state index contributed by atoms with van der Waals surface area (Å²) < 4.78 is 14.2. The second-order valence-corrected chi connectivity index (χ2v) is 8.17. The summed E-state index contributed by atoms with van der Waals surface area (Å²) in [6, 6.07) is 15.9. The molecule has 2 aromatic heterocycles. The summed E-state index contributed by atoms with van der Waals surface area (Å²) in [5.41, 5.74) is 1.92. The minimum Gasteiger partial charge on any atom is -0.494 e. The van der Waals surface area contributed by atoms with Crippen LogP contribution in [-0.2, 0) is 12.2 Å². The van der Waals surface area contributed by atoms with Crippen LogP contribution < -0.4 is 4.74 Å². The largest absolute Gasteiger partial charge is 0.494 e. The van der Waals surface area contributed by atoms with Gasteiger partial charge in [-0.1, -0.05) is 46.7 Å². The van der Waals surface area contributed by atoms with Crippen LogP contribution in [0.25, 0.3) is 17.1 Å². The number of rotatable bonds is 8. The summed E-state index contributed by atoms with van der Waals surface area (Å²) in [4.78, 5) is 0. The normalized spacial score (nSPS) is 11.0. The van der Waals surface area contributed by atoms with Gasteiger partial charge in [-0.3, -0.25) is 4.57 Å². The molecule has 0 aliphatic heterocycles. The van der Waals surface area contributed by atoms with Gasteiger partial charge < -0.3 is 9.15 Å². The van der Waals surface area contributed by atoms with Gasteiger partial charge in [0.1, 0.15) is 5.75 Å². The molecule has 0 saturated carbocycles. The Morgan fingerprint density at radius 3 is 2.33 bits per heavy atom. The van der Waals surface area contributed by atoms with Crippen molar-refractivity contribution in [2.75, 3.05) is 6.61 Å². The van der Waals surface area contributed by atoms with E-state index >= 15 is 0 Å². The zero-order chi connectivity index (χ0) is 20.9. The highest BCUT2D eigenvalue weighted by Gasteiger charge is 2.17. The smallest absolute Gasteiger partial charge is 0.226 e. The average Bonchev–Trinajstić information content (AvgIpc) is 3.40. The zero-order valence-corrected chi connectivity index (χ0v) is 19.0. The number of benzene rings is 2. The SMILES string of the molecule is CCOc1ccc(-n2c(SCc3nnc(CC)o3)nnc2-c2ccc(Br)cc2)cc1. The van der Waals surface area contributed by atoms with Crippen molar-refractivity contribution in [3.63, 3.8) is 0 Å². The maximum absolute atomic E-state index is 5.63. The number of hydrogen-bond acceptors (Lipinski definition) is 7. The van der Waals surface area contributed by atoms with Crippen molar-refractivity contribution >= 4 is 27.7 Å². The van der Waals surface area contributed by atoms with Crippen LogP contribution >= 0.6 is 27.7 Å². The molecule has 0 amide bonds. The van der Waals surface area contributed by atoms with Gasteiger partial charge in [-0.05, 0) is 43.3 Å². The Hall–Kier alpha value is -2.65.